The van der Waals surface area contributed by atoms with E-state index in [0.717, 1.165) is 24.2 Å². The van der Waals surface area contributed by atoms with Crippen LogP contribution in [0.1, 0.15) is 6.92 Å². The normalized spacial score (nSPS) is 13.8. The first-order valence-electron chi connectivity index (χ1n) is 6.26. The Kier molecular flexibility index (Phi) is 3.26. The van der Waals surface area contributed by atoms with Crippen LogP contribution in [0.2, 0.25) is 0 Å². The van der Waals surface area contributed by atoms with Gasteiger partial charge in [-0.3, -0.25) is 4.79 Å². The Morgan fingerprint density at radius 2 is 2.30 bits per heavy atom. The molecule has 1 aliphatic heterocycles. The highest BCUT2D eigenvalue weighted by Crippen LogP contribution is 2.18. The molecule has 1 saturated heterocycles. The SMILES string of the molecule is CC(C(=O)Nc1cccnc1-n1cncn1)=C1CNC1. The third-order valence-electron chi connectivity index (χ3n) is 3.22. The molecular weight excluding hydrogens is 256 g/mol. The van der Waals surface area contributed by atoms with Crippen LogP contribution in [0.4, 0.5) is 5.69 Å². The first kappa shape index (κ1) is 12.5. The van der Waals surface area contributed by atoms with E-state index in [0.29, 0.717) is 11.5 Å². The molecule has 3 rings (SSSR count). The zero-order valence-corrected chi connectivity index (χ0v) is 11.0. The molecule has 0 bridgehead atoms. The maximum absolute atomic E-state index is 12.2. The molecule has 1 aliphatic rings. The maximum Gasteiger partial charge on any atom is 0.251 e. The second-order valence-electron chi connectivity index (χ2n) is 4.50. The summed E-state index contributed by atoms with van der Waals surface area (Å²) in [6, 6.07) is 3.56. The summed E-state index contributed by atoms with van der Waals surface area (Å²) in [7, 11) is 0. The fourth-order valence-corrected chi connectivity index (χ4v) is 1.89. The highest BCUT2D eigenvalue weighted by atomic mass is 16.1. The van der Waals surface area contributed by atoms with Crippen molar-refractivity contribution in [2.24, 2.45) is 0 Å². The molecule has 102 valence electrons. The first-order chi connectivity index (χ1) is 9.75. The van der Waals surface area contributed by atoms with Crippen LogP contribution in [0, 0.1) is 0 Å². The number of pyridine rings is 1. The molecule has 2 aromatic heterocycles. The molecule has 1 fully saturated rings. The van der Waals surface area contributed by atoms with Crippen molar-refractivity contribution in [1.29, 1.82) is 0 Å². The number of rotatable bonds is 3. The summed E-state index contributed by atoms with van der Waals surface area (Å²) in [5.74, 6) is 0.429. The number of hydrogen-bond acceptors (Lipinski definition) is 5. The molecule has 2 N–H and O–H groups in total. The van der Waals surface area contributed by atoms with Gasteiger partial charge in [0.1, 0.15) is 12.7 Å². The second-order valence-corrected chi connectivity index (χ2v) is 4.50. The van der Waals surface area contributed by atoms with Gasteiger partial charge < -0.3 is 10.6 Å². The molecule has 1 amide bonds. The molecule has 0 aliphatic carbocycles. The lowest BCUT2D eigenvalue weighted by Gasteiger charge is -2.21. The summed E-state index contributed by atoms with van der Waals surface area (Å²) in [5.41, 5.74) is 2.49. The van der Waals surface area contributed by atoms with Crippen molar-refractivity contribution in [2.75, 3.05) is 18.4 Å². The average Bonchev–Trinajstić information content (AvgIpc) is 2.91. The van der Waals surface area contributed by atoms with Gasteiger partial charge in [0, 0.05) is 24.9 Å². The molecule has 20 heavy (non-hydrogen) atoms. The molecule has 0 spiro atoms. The molecule has 0 unspecified atom stereocenters. The van der Waals surface area contributed by atoms with Crippen molar-refractivity contribution >= 4 is 11.6 Å². The minimum atomic E-state index is -0.115. The molecule has 2 aromatic rings. The topological polar surface area (TPSA) is 84.7 Å². The van der Waals surface area contributed by atoms with Gasteiger partial charge in [0.05, 0.1) is 5.69 Å². The van der Waals surface area contributed by atoms with E-state index in [4.69, 9.17) is 0 Å². The summed E-state index contributed by atoms with van der Waals surface area (Å²) in [4.78, 5) is 20.3. The Morgan fingerprint density at radius 3 is 2.95 bits per heavy atom. The molecule has 7 heteroatoms. The fraction of sp³-hybridized carbons (Fsp3) is 0.231. The number of aromatic nitrogens is 4. The standard InChI is InChI=1S/C13H14N6O/c1-9(10-5-14-6-10)13(20)18-11-3-2-4-16-12(11)19-8-15-7-17-19/h2-4,7-8,14H,5-6H2,1H3,(H,18,20). The Labute approximate surface area is 115 Å². The lowest BCUT2D eigenvalue weighted by Crippen LogP contribution is -2.36. The molecular formula is C13H14N6O. The summed E-state index contributed by atoms with van der Waals surface area (Å²) in [6.07, 6.45) is 4.61. The molecule has 0 radical (unpaired) electrons. The number of carbonyl (C=O) groups excluding carboxylic acids is 1. The van der Waals surface area contributed by atoms with E-state index in [2.05, 4.69) is 25.7 Å². The van der Waals surface area contributed by atoms with Crippen molar-refractivity contribution in [3.63, 3.8) is 0 Å². The number of hydrogen-bond donors (Lipinski definition) is 2. The largest absolute Gasteiger partial charge is 0.319 e. The van der Waals surface area contributed by atoms with Gasteiger partial charge in [-0.1, -0.05) is 0 Å². The molecule has 0 atom stereocenters. The Morgan fingerprint density at radius 1 is 1.45 bits per heavy atom. The van der Waals surface area contributed by atoms with Crippen LogP contribution in [0.25, 0.3) is 5.82 Å². The van der Waals surface area contributed by atoms with Crippen molar-refractivity contribution in [1.82, 2.24) is 25.1 Å². The number of anilines is 1. The van der Waals surface area contributed by atoms with Gasteiger partial charge in [0.25, 0.3) is 5.91 Å². The van der Waals surface area contributed by atoms with Gasteiger partial charge in [-0.05, 0) is 24.6 Å². The van der Waals surface area contributed by atoms with Crippen LogP contribution in [-0.2, 0) is 4.79 Å². The molecule has 3 heterocycles. The van der Waals surface area contributed by atoms with E-state index in [1.807, 2.05) is 6.92 Å². The van der Waals surface area contributed by atoms with Crippen molar-refractivity contribution < 1.29 is 4.79 Å². The molecule has 0 aromatic carbocycles. The third-order valence-corrected chi connectivity index (χ3v) is 3.22. The molecule has 0 saturated carbocycles. The van der Waals surface area contributed by atoms with Gasteiger partial charge in [0.15, 0.2) is 5.82 Å². The summed E-state index contributed by atoms with van der Waals surface area (Å²) < 4.78 is 1.52. The zero-order chi connectivity index (χ0) is 13.9. The number of nitrogens with zero attached hydrogens (tertiary/aromatic N) is 4. The van der Waals surface area contributed by atoms with Crippen molar-refractivity contribution in [2.45, 2.75) is 6.92 Å². The van der Waals surface area contributed by atoms with Crippen LogP contribution in [0.3, 0.4) is 0 Å². The van der Waals surface area contributed by atoms with Crippen LogP contribution < -0.4 is 10.6 Å². The van der Waals surface area contributed by atoms with E-state index in [1.165, 1.54) is 11.0 Å². The highest BCUT2D eigenvalue weighted by Gasteiger charge is 2.17. The lowest BCUT2D eigenvalue weighted by molar-refractivity contribution is -0.112. The second kappa shape index (κ2) is 5.22. The van der Waals surface area contributed by atoms with Crippen LogP contribution in [-0.4, -0.2) is 38.7 Å². The number of carbonyl (C=O) groups is 1. The third kappa shape index (κ3) is 2.30. The maximum atomic E-state index is 12.2. The van der Waals surface area contributed by atoms with Crippen molar-refractivity contribution in [3.8, 4) is 5.82 Å². The van der Waals surface area contributed by atoms with E-state index in [-0.39, 0.29) is 5.91 Å². The van der Waals surface area contributed by atoms with Gasteiger partial charge in [-0.25, -0.2) is 14.6 Å². The average molecular weight is 270 g/mol. The Balaban J connectivity index is 1.86. The van der Waals surface area contributed by atoms with Gasteiger partial charge in [-0.2, -0.15) is 5.10 Å². The summed E-state index contributed by atoms with van der Waals surface area (Å²) >= 11 is 0. The predicted molar refractivity (Wildman–Crippen MR) is 73.4 cm³/mol. The van der Waals surface area contributed by atoms with E-state index < -0.39 is 0 Å². The van der Waals surface area contributed by atoms with Gasteiger partial charge >= 0.3 is 0 Å². The van der Waals surface area contributed by atoms with Crippen LogP contribution >= 0.6 is 0 Å². The first-order valence-corrected chi connectivity index (χ1v) is 6.26. The highest BCUT2D eigenvalue weighted by molar-refractivity contribution is 6.04. The minimum Gasteiger partial charge on any atom is -0.319 e. The quantitative estimate of drug-likeness (QED) is 0.794. The summed E-state index contributed by atoms with van der Waals surface area (Å²) in [5, 5.41) is 10.0. The number of nitrogens with one attached hydrogen (secondary N) is 2. The Hall–Kier alpha value is -2.54. The lowest BCUT2D eigenvalue weighted by atomic mass is 10.0. The van der Waals surface area contributed by atoms with E-state index in [1.54, 1.807) is 24.7 Å². The summed E-state index contributed by atoms with van der Waals surface area (Å²) in [6.45, 7) is 3.39. The van der Waals surface area contributed by atoms with E-state index >= 15 is 0 Å². The van der Waals surface area contributed by atoms with Gasteiger partial charge in [-0.15, -0.1) is 0 Å². The fourth-order valence-electron chi connectivity index (χ4n) is 1.89. The van der Waals surface area contributed by atoms with Crippen molar-refractivity contribution in [3.05, 3.63) is 42.1 Å². The minimum absolute atomic E-state index is 0.115. The van der Waals surface area contributed by atoms with Crippen LogP contribution in [0.15, 0.2) is 42.1 Å². The van der Waals surface area contributed by atoms with E-state index in [9.17, 15) is 4.79 Å². The van der Waals surface area contributed by atoms with Crippen LogP contribution in [0.5, 0.6) is 0 Å². The van der Waals surface area contributed by atoms with Gasteiger partial charge in [0.2, 0.25) is 0 Å². The Bertz CT molecular complexity index is 655. The smallest absolute Gasteiger partial charge is 0.251 e. The zero-order valence-electron chi connectivity index (χ0n) is 11.0. The monoisotopic (exact) mass is 270 g/mol. The number of amides is 1. The molecule has 7 nitrogen and oxygen atoms in total. The predicted octanol–water partition coefficient (Wildman–Crippen LogP) is 0.520.